The molecule has 4 rings (SSSR count). The van der Waals surface area contributed by atoms with Gasteiger partial charge in [0.05, 0.1) is 5.92 Å². The van der Waals surface area contributed by atoms with Gasteiger partial charge in [0.1, 0.15) is 0 Å². The average Bonchev–Trinajstić information content (AvgIpc) is 2.84. The van der Waals surface area contributed by atoms with Gasteiger partial charge in [-0.05, 0) is 41.5 Å². The van der Waals surface area contributed by atoms with Gasteiger partial charge in [0.2, 0.25) is 5.91 Å². The third kappa shape index (κ3) is 3.12. The second kappa shape index (κ2) is 6.94. The van der Waals surface area contributed by atoms with Crippen LogP contribution in [0.1, 0.15) is 36.8 Å². The summed E-state index contributed by atoms with van der Waals surface area (Å²) in [4.78, 5) is 26.5. The largest absolute Gasteiger partial charge is 0.481 e. The predicted molar refractivity (Wildman–Crippen MR) is 99.2 cm³/mol. The Morgan fingerprint density at radius 3 is 1.96 bits per heavy atom. The summed E-state index contributed by atoms with van der Waals surface area (Å²) in [5, 5.41) is 9.33. The molecule has 26 heavy (non-hydrogen) atoms. The number of amides is 1. The van der Waals surface area contributed by atoms with Crippen LogP contribution in [0.5, 0.6) is 0 Å². The maximum absolute atomic E-state index is 13.2. The highest BCUT2D eigenvalue weighted by atomic mass is 16.4. The predicted octanol–water partition coefficient (Wildman–Crippen LogP) is 4.09. The van der Waals surface area contributed by atoms with Crippen molar-refractivity contribution < 1.29 is 14.7 Å². The van der Waals surface area contributed by atoms with Gasteiger partial charge in [0, 0.05) is 19.0 Å². The number of aliphatic carboxylic acids is 1. The molecule has 1 saturated carbocycles. The van der Waals surface area contributed by atoms with Gasteiger partial charge < -0.3 is 10.0 Å². The third-order valence-electron chi connectivity index (χ3n) is 5.73. The van der Waals surface area contributed by atoms with Crippen molar-refractivity contribution in [3.63, 3.8) is 0 Å². The van der Waals surface area contributed by atoms with Crippen LogP contribution in [-0.2, 0) is 22.7 Å². The highest BCUT2D eigenvalue weighted by Gasteiger charge is 2.34. The molecule has 0 bridgehead atoms. The second-order valence-corrected chi connectivity index (χ2v) is 7.41. The molecule has 1 N–H and O–H groups in total. The van der Waals surface area contributed by atoms with Crippen LogP contribution in [0, 0.1) is 11.8 Å². The van der Waals surface area contributed by atoms with Crippen molar-refractivity contribution in [2.45, 2.75) is 38.8 Å². The Labute approximate surface area is 153 Å². The van der Waals surface area contributed by atoms with E-state index in [4.69, 9.17) is 0 Å². The zero-order valence-electron chi connectivity index (χ0n) is 14.7. The Morgan fingerprint density at radius 2 is 1.38 bits per heavy atom. The maximum atomic E-state index is 13.2. The number of carboxylic acids is 1. The minimum atomic E-state index is -0.769. The number of hydrogen-bond donors (Lipinski definition) is 1. The second-order valence-electron chi connectivity index (χ2n) is 7.41. The van der Waals surface area contributed by atoms with Crippen LogP contribution in [0.2, 0.25) is 0 Å². The molecule has 4 nitrogen and oxygen atoms in total. The molecule has 2 aliphatic rings. The summed E-state index contributed by atoms with van der Waals surface area (Å²) in [5.74, 6) is -1.23. The zero-order valence-corrected chi connectivity index (χ0v) is 14.7. The minimum Gasteiger partial charge on any atom is -0.481 e. The van der Waals surface area contributed by atoms with Crippen molar-refractivity contribution >= 4 is 11.9 Å². The number of carbonyl (C=O) groups excluding carboxylic acids is 1. The van der Waals surface area contributed by atoms with Gasteiger partial charge in [0.25, 0.3) is 0 Å². The lowest BCUT2D eigenvalue weighted by Crippen LogP contribution is -2.38. The molecule has 2 aromatic carbocycles. The van der Waals surface area contributed by atoms with E-state index < -0.39 is 5.97 Å². The van der Waals surface area contributed by atoms with E-state index in [9.17, 15) is 14.7 Å². The smallest absolute Gasteiger partial charge is 0.306 e. The summed E-state index contributed by atoms with van der Waals surface area (Å²) in [6, 6.07) is 16.5. The Bertz CT molecular complexity index is 797. The normalized spacial score (nSPS) is 22.1. The van der Waals surface area contributed by atoms with Crippen LogP contribution in [0.25, 0.3) is 11.1 Å². The summed E-state index contributed by atoms with van der Waals surface area (Å²) >= 11 is 0. The Balaban J connectivity index is 1.64. The maximum Gasteiger partial charge on any atom is 0.306 e. The number of carbonyl (C=O) groups is 2. The summed E-state index contributed by atoms with van der Waals surface area (Å²) in [5.41, 5.74) is 4.67. The van der Waals surface area contributed by atoms with E-state index in [0.717, 1.165) is 24.0 Å². The Morgan fingerprint density at radius 1 is 0.846 bits per heavy atom. The molecule has 0 spiro atoms. The summed E-state index contributed by atoms with van der Waals surface area (Å²) in [6.45, 7) is 1.16. The van der Waals surface area contributed by atoms with Crippen LogP contribution in [0.3, 0.4) is 0 Å². The van der Waals surface area contributed by atoms with Gasteiger partial charge >= 0.3 is 5.97 Å². The molecule has 1 fully saturated rings. The topological polar surface area (TPSA) is 57.6 Å². The lowest BCUT2D eigenvalue weighted by molar-refractivity contribution is -0.145. The fourth-order valence-electron chi connectivity index (χ4n) is 4.36. The lowest BCUT2D eigenvalue weighted by Gasteiger charge is -2.31. The van der Waals surface area contributed by atoms with E-state index in [1.807, 2.05) is 29.2 Å². The molecule has 0 aromatic heterocycles. The van der Waals surface area contributed by atoms with Gasteiger partial charge in [-0.2, -0.15) is 0 Å². The van der Waals surface area contributed by atoms with Crippen LogP contribution in [-0.4, -0.2) is 21.9 Å². The molecule has 0 radical (unpaired) electrons. The van der Waals surface area contributed by atoms with Crippen LogP contribution in [0.4, 0.5) is 0 Å². The van der Waals surface area contributed by atoms with E-state index in [-0.39, 0.29) is 17.7 Å². The third-order valence-corrected chi connectivity index (χ3v) is 5.73. The van der Waals surface area contributed by atoms with Gasteiger partial charge in [-0.15, -0.1) is 0 Å². The van der Waals surface area contributed by atoms with Gasteiger partial charge in [-0.25, -0.2) is 0 Å². The van der Waals surface area contributed by atoms with Crippen LogP contribution < -0.4 is 0 Å². The highest BCUT2D eigenvalue weighted by Crippen LogP contribution is 2.35. The molecule has 2 aromatic rings. The fraction of sp³-hybridized carbons (Fsp3) is 0.364. The number of benzene rings is 2. The lowest BCUT2D eigenvalue weighted by atomic mass is 9.80. The molecule has 134 valence electrons. The first-order chi connectivity index (χ1) is 12.6. The first kappa shape index (κ1) is 16.8. The molecule has 0 saturated heterocycles. The monoisotopic (exact) mass is 349 g/mol. The van der Waals surface area contributed by atoms with E-state index in [1.54, 1.807) is 0 Å². The van der Waals surface area contributed by atoms with Gasteiger partial charge in [0.15, 0.2) is 0 Å². The van der Waals surface area contributed by atoms with Crippen molar-refractivity contribution in [1.82, 2.24) is 4.90 Å². The van der Waals surface area contributed by atoms with E-state index >= 15 is 0 Å². The van der Waals surface area contributed by atoms with Gasteiger partial charge in [-0.1, -0.05) is 55.0 Å². The quantitative estimate of drug-likeness (QED) is 0.888. The zero-order chi connectivity index (χ0) is 18.1. The summed E-state index contributed by atoms with van der Waals surface area (Å²) < 4.78 is 0. The fourth-order valence-corrected chi connectivity index (χ4v) is 4.36. The van der Waals surface area contributed by atoms with Crippen molar-refractivity contribution in [3.8, 4) is 11.1 Å². The average molecular weight is 349 g/mol. The van der Waals surface area contributed by atoms with E-state index in [1.165, 1.54) is 11.1 Å². The standard InChI is InChI=1S/C22H23NO3/c24-21(15-8-5-9-16(12-15)22(25)26)23-13-17-6-1-3-10-19(17)20-11-4-2-7-18(20)14-23/h1-4,6-7,10-11,15-16H,5,8-9,12-14H2,(H,25,26). The van der Waals surface area contributed by atoms with Crippen molar-refractivity contribution in [2.24, 2.45) is 11.8 Å². The van der Waals surface area contributed by atoms with E-state index in [2.05, 4.69) is 24.3 Å². The molecular weight excluding hydrogens is 326 g/mol. The van der Waals surface area contributed by atoms with E-state index in [0.29, 0.717) is 25.9 Å². The molecule has 1 heterocycles. The van der Waals surface area contributed by atoms with Crippen molar-refractivity contribution in [2.75, 3.05) is 0 Å². The van der Waals surface area contributed by atoms with Crippen LogP contribution >= 0.6 is 0 Å². The van der Waals surface area contributed by atoms with Crippen molar-refractivity contribution in [1.29, 1.82) is 0 Å². The number of rotatable bonds is 2. The Hall–Kier alpha value is -2.62. The highest BCUT2D eigenvalue weighted by molar-refractivity contribution is 5.82. The minimum absolute atomic E-state index is 0.0995. The number of hydrogen-bond acceptors (Lipinski definition) is 2. The SMILES string of the molecule is O=C(O)C1CCCC(C(=O)N2Cc3ccccc3-c3ccccc3C2)C1. The molecule has 1 aliphatic heterocycles. The number of carboxylic acid groups (broad SMARTS) is 1. The van der Waals surface area contributed by atoms with Crippen molar-refractivity contribution in [3.05, 3.63) is 59.7 Å². The molecule has 1 amide bonds. The molecule has 2 atom stereocenters. The first-order valence-corrected chi connectivity index (χ1v) is 9.31. The molecule has 4 heteroatoms. The number of fused-ring (bicyclic) bond motifs is 3. The molecule has 2 unspecified atom stereocenters. The molecule has 1 aliphatic carbocycles. The summed E-state index contributed by atoms with van der Waals surface area (Å²) in [6.07, 6.45) is 2.76. The first-order valence-electron chi connectivity index (χ1n) is 9.31. The van der Waals surface area contributed by atoms with Crippen LogP contribution in [0.15, 0.2) is 48.5 Å². The summed E-state index contributed by atoms with van der Waals surface area (Å²) in [7, 11) is 0. The molecular formula is C22H23NO3. The number of nitrogens with zero attached hydrogens (tertiary/aromatic N) is 1. The van der Waals surface area contributed by atoms with Gasteiger partial charge in [-0.3, -0.25) is 9.59 Å². The Kier molecular flexibility index (Phi) is 4.49.